The van der Waals surface area contributed by atoms with Crippen molar-refractivity contribution in [1.29, 1.82) is 0 Å². The smallest absolute Gasteiger partial charge is 0.225 e. The topological polar surface area (TPSA) is 34.1 Å². The van der Waals surface area contributed by atoms with Gasteiger partial charge in [0, 0.05) is 10.0 Å². The third-order valence-electron chi connectivity index (χ3n) is 2.84. The Kier molecular flexibility index (Phi) is 5.70. The average Bonchev–Trinajstić information content (AvgIpc) is 2.53. The number of hydrogen-bond donors (Lipinski definition) is 0. The molecule has 0 aliphatic rings. The molecule has 0 aromatic heterocycles. The Bertz CT molecular complexity index is 661. The zero-order valence-corrected chi connectivity index (χ0v) is 13.0. The first-order valence-electron chi connectivity index (χ1n) is 6.50. The zero-order chi connectivity index (χ0) is 15.9. The molecule has 0 spiro atoms. The average molecular weight is 331 g/mol. The quantitative estimate of drug-likeness (QED) is 0.579. The van der Waals surface area contributed by atoms with Crippen molar-refractivity contribution in [2.75, 3.05) is 0 Å². The van der Waals surface area contributed by atoms with Crippen molar-refractivity contribution in [2.45, 2.75) is 0 Å². The van der Waals surface area contributed by atoms with Crippen LogP contribution in [0.1, 0.15) is 11.1 Å². The third kappa shape index (κ3) is 4.99. The lowest BCUT2D eigenvalue weighted by atomic mass is 10.1. The Morgan fingerprint density at radius 2 is 0.955 bits per heavy atom. The van der Waals surface area contributed by atoms with Crippen LogP contribution in [0.15, 0.2) is 60.7 Å². The van der Waals surface area contributed by atoms with E-state index in [1.54, 1.807) is 60.7 Å². The summed E-state index contributed by atoms with van der Waals surface area (Å²) in [5.41, 5.74) is 1.60. The second-order valence-corrected chi connectivity index (χ2v) is 5.37. The number of hydrogen-bond acceptors (Lipinski definition) is 2. The van der Waals surface area contributed by atoms with E-state index in [4.69, 9.17) is 23.2 Å². The van der Waals surface area contributed by atoms with Crippen LogP contribution in [0.4, 0.5) is 0 Å². The molecule has 2 aromatic rings. The maximum atomic E-state index is 11.7. The van der Waals surface area contributed by atoms with Gasteiger partial charge in [0.1, 0.15) is 0 Å². The van der Waals surface area contributed by atoms with Gasteiger partial charge in [-0.2, -0.15) is 0 Å². The summed E-state index contributed by atoms with van der Waals surface area (Å²) in [4.78, 5) is 23.4. The summed E-state index contributed by atoms with van der Waals surface area (Å²) in [7, 11) is 0. The summed E-state index contributed by atoms with van der Waals surface area (Å²) in [6.07, 6.45) is 5.65. The van der Waals surface area contributed by atoms with Gasteiger partial charge < -0.3 is 0 Å². The van der Waals surface area contributed by atoms with Crippen molar-refractivity contribution in [3.63, 3.8) is 0 Å². The number of halogens is 2. The molecule has 2 aromatic carbocycles. The molecule has 0 aliphatic carbocycles. The largest absolute Gasteiger partial charge is 0.286 e. The predicted molar refractivity (Wildman–Crippen MR) is 91.0 cm³/mol. The van der Waals surface area contributed by atoms with Crippen LogP contribution >= 0.6 is 23.2 Å². The Morgan fingerprint density at radius 1 is 0.636 bits per heavy atom. The van der Waals surface area contributed by atoms with Gasteiger partial charge in [-0.3, -0.25) is 9.59 Å². The third-order valence-corrected chi connectivity index (χ3v) is 3.34. The molecule has 0 atom stereocenters. The molecule has 22 heavy (non-hydrogen) atoms. The van der Waals surface area contributed by atoms with E-state index in [9.17, 15) is 9.59 Å². The normalized spacial score (nSPS) is 11.2. The second-order valence-electron chi connectivity index (χ2n) is 4.50. The highest BCUT2D eigenvalue weighted by atomic mass is 35.5. The van der Waals surface area contributed by atoms with Crippen LogP contribution in [0.2, 0.25) is 10.0 Å². The van der Waals surface area contributed by atoms with E-state index in [1.807, 2.05) is 0 Å². The molecule has 0 heterocycles. The number of carbonyl (C=O) groups excluding carboxylic acids is 2. The minimum absolute atomic E-state index is 0.583. The van der Waals surface area contributed by atoms with Gasteiger partial charge in [-0.25, -0.2) is 0 Å². The van der Waals surface area contributed by atoms with Gasteiger partial charge in [0.25, 0.3) is 0 Å². The fourth-order valence-electron chi connectivity index (χ4n) is 1.66. The molecule has 0 fully saturated rings. The molecule has 0 unspecified atom stereocenters. The van der Waals surface area contributed by atoms with Gasteiger partial charge in [0.15, 0.2) is 0 Å². The molecule has 110 valence electrons. The van der Waals surface area contributed by atoms with Gasteiger partial charge in [-0.05, 0) is 47.5 Å². The van der Waals surface area contributed by atoms with Crippen LogP contribution in [0.3, 0.4) is 0 Å². The summed E-state index contributed by atoms with van der Waals surface area (Å²) in [5, 5.41) is 1.23. The molecular weight excluding hydrogens is 319 g/mol. The first kappa shape index (κ1) is 16.2. The van der Waals surface area contributed by atoms with Crippen molar-refractivity contribution in [3.05, 3.63) is 81.9 Å². The number of ketones is 2. The summed E-state index contributed by atoms with van der Waals surface area (Å²) in [6, 6.07) is 13.9. The summed E-state index contributed by atoms with van der Waals surface area (Å²) < 4.78 is 0. The molecule has 2 rings (SSSR count). The van der Waals surface area contributed by atoms with E-state index in [0.29, 0.717) is 10.0 Å². The van der Waals surface area contributed by atoms with Crippen molar-refractivity contribution in [2.24, 2.45) is 0 Å². The minimum Gasteiger partial charge on any atom is -0.286 e. The summed E-state index contributed by atoms with van der Waals surface area (Å²) in [5.74, 6) is -1.17. The molecule has 0 radical (unpaired) electrons. The molecular formula is C18H12Cl2O2. The monoisotopic (exact) mass is 330 g/mol. The Balaban J connectivity index is 1.98. The standard InChI is InChI=1S/C18H12Cl2O2/c19-15-7-1-13(2-8-15)5-11-17(21)18(22)12-6-14-3-9-16(20)10-4-14/h1-12H. The predicted octanol–water partition coefficient (Wildman–Crippen LogP) is 4.86. The fourth-order valence-corrected chi connectivity index (χ4v) is 1.91. The number of allylic oxidation sites excluding steroid dienone is 2. The van der Waals surface area contributed by atoms with Gasteiger partial charge >= 0.3 is 0 Å². The first-order chi connectivity index (χ1) is 10.5. The van der Waals surface area contributed by atoms with Gasteiger partial charge in [-0.15, -0.1) is 0 Å². The van der Waals surface area contributed by atoms with Crippen LogP contribution in [-0.4, -0.2) is 11.6 Å². The Morgan fingerprint density at radius 3 is 1.27 bits per heavy atom. The molecule has 0 saturated heterocycles. The molecule has 0 N–H and O–H groups in total. The molecule has 2 nitrogen and oxygen atoms in total. The second kappa shape index (κ2) is 7.74. The molecule has 0 bridgehead atoms. The maximum Gasteiger partial charge on any atom is 0.225 e. The number of rotatable bonds is 5. The van der Waals surface area contributed by atoms with Gasteiger partial charge in [-0.1, -0.05) is 59.6 Å². The highest BCUT2D eigenvalue weighted by Crippen LogP contribution is 2.12. The highest BCUT2D eigenvalue weighted by Gasteiger charge is 2.05. The lowest BCUT2D eigenvalue weighted by Gasteiger charge is -1.94. The Labute approximate surface area is 138 Å². The van der Waals surface area contributed by atoms with E-state index in [2.05, 4.69) is 0 Å². The van der Waals surface area contributed by atoms with E-state index >= 15 is 0 Å². The molecule has 0 aliphatic heterocycles. The Hall–Kier alpha value is -2.16. The highest BCUT2D eigenvalue weighted by molar-refractivity contribution is 6.46. The summed E-state index contributed by atoms with van der Waals surface area (Å²) in [6.45, 7) is 0. The lowest BCUT2D eigenvalue weighted by molar-refractivity contribution is -0.130. The van der Waals surface area contributed by atoms with Crippen molar-refractivity contribution >= 4 is 46.9 Å². The number of benzene rings is 2. The van der Waals surface area contributed by atoms with Crippen molar-refractivity contribution in [3.8, 4) is 0 Å². The van der Waals surface area contributed by atoms with Gasteiger partial charge in [0.05, 0.1) is 0 Å². The SMILES string of the molecule is O=C(C=Cc1ccc(Cl)cc1)C(=O)C=Cc1ccc(Cl)cc1. The van der Waals surface area contributed by atoms with E-state index in [-0.39, 0.29) is 0 Å². The van der Waals surface area contributed by atoms with E-state index in [1.165, 1.54) is 12.2 Å². The van der Waals surface area contributed by atoms with Crippen LogP contribution in [0, 0.1) is 0 Å². The minimum atomic E-state index is -0.583. The molecule has 4 heteroatoms. The van der Waals surface area contributed by atoms with E-state index in [0.717, 1.165) is 11.1 Å². The summed E-state index contributed by atoms with van der Waals surface area (Å²) >= 11 is 11.5. The molecule has 0 amide bonds. The maximum absolute atomic E-state index is 11.7. The fraction of sp³-hybridized carbons (Fsp3) is 0. The van der Waals surface area contributed by atoms with Crippen molar-refractivity contribution < 1.29 is 9.59 Å². The zero-order valence-electron chi connectivity index (χ0n) is 11.5. The van der Waals surface area contributed by atoms with Crippen LogP contribution in [0.5, 0.6) is 0 Å². The van der Waals surface area contributed by atoms with E-state index < -0.39 is 11.6 Å². The van der Waals surface area contributed by atoms with Gasteiger partial charge in [0.2, 0.25) is 11.6 Å². The van der Waals surface area contributed by atoms with Crippen LogP contribution in [0.25, 0.3) is 12.2 Å². The van der Waals surface area contributed by atoms with Crippen LogP contribution < -0.4 is 0 Å². The van der Waals surface area contributed by atoms with Crippen molar-refractivity contribution in [1.82, 2.24) is 0 Å². The number of carbonyl (C=O) groups is 2. The van der Waals surface area contributed by atoms with Crippen LogP contribution in [-0.2, 0) is 9.59 Å². The molecule has 0 saturated carbocycles. The first-order valence-corrected chi connectivity index (χ1v) is 7.26. The lowest BCUT2D eigenvalue weighted by Crippen LogP contribution is -2.06.